The summed E-state index contributed by atoms with van der Waals surface area (Å²) in [7, 11) is 0. The summed E-state index contributed by atoms with van der Waals surface area (Å²) < 4.78 is 0.967. The lowest BCUT2D eigenvalue weighted by atomic mass is 10.2. The maximum Gasteiger partial charge on any atom is 0.274 e. The van der Waals surface area contributed by atoms with Gasteiger partial charge < -0.3 is 10.3 Å². The van der Waals surface area contributed by atoms with E-state index in [2.05, 4.69) is 31.2 Å². The number of amides is 1. The first-order valence-electron chi connectivity index (χ1n) is 5.18. The molecule has 0 bridgehead atoms. The fraction of sp³-hybridized carbons (Fsp3) is 0.0833. The van der Waals surface area contributed by atoms with Crippen molar-refractivity contribution in [3.63, 3.8) is 0 Å². The van der Waals surface area contributed by atoms with Crippen LogP contribution >= 0.6 is 15.9 Å². The van der Waals surface area contributed by atoms with Crippen LogP contribution < -0.4 is 10.9 Å². The number of H-pyrrole nitrogens is 1. The molecule has 2 N–H and O–H groups in total. The fourth-order valence-corrected chi connectivity index (χ4v) is 1.66. The second kappa shape index (κ2) is 5.14. The van der Waals surface area contributed by atoms with Gasteiger partial charge in [-0.1, -0.05) is 15.9 Å². The van der Waals surface area contributed by atoms with Gasteiger partial charge in [0.05, 0.1) is 6.33 Å². The minimum atomic E-state index is -0.414. The Morgan fingerprint density at radius 1 is 1.39 bits per heavy atom. The van der Waals surface area contributed by atoms with Gasteiger partial charge in [-0.15, -0.1) is 0 Å². The van der Waals surface area contributed by atoms with E-state index in [9.17, 15) is 9.59 Å². The first kappa shape index (κ1) is 12.5. The molecule has 0 aliphatic heterocycles. The minimum Gasteiger partial charge on any atom is -0.321 e. The Bertz CT molecular complexity index is 652. The summed E-state index contributed by atoms with van der Waals surface area (Å²) in [5.41, 5.74) is 1.39. The number of carbonyl (C=O) groups is 1. The molecule has 2 rings (SSSR count). The number of anilines is 1. The summed E-state index contributed by atoms with van der Waals surface area (Å²) >= 11 is 3.38. The predicted molar refractivity (Wildman–Crippen MR) is 71.7 cm³/mol. The van der Waals surface area contributed by atoms with Crippen molar-refractivity contribution in [1.82, 2.24) is 9.97 Å². The van der Waals surface area contributed by atoms with Gasteiger partial charge in [0, 0.05) is 16.2 Å². The largest absolute Gasteiger partial charge is 0.321 e. The van der Waals surface area contributed by atoms with Crippen LogP contribution in [0.2, 0.25) is 0 Å². The third-order valence-corrected chi connectivity index (χ3v) is 3.22. The third kappa shape index (κ3) is 2.84. The van der Waals surface area contributed by atoms with E-state index in [0.29, 0.717) is 5.69 Å². The lowest BCUT2D eigenvalue weighted by Gasteiger charge is -2.06. The highest BCUT2D eigenvalue weighted by molar-refractivity contribution is 9.10. The number of nitrogens with one attached hydrogen (secondary N) is 2. The summed E-state index contributed by atoms with van der Waals surface area (Å²) in [6.45, 7) is 1.92. The number of carbonyl (C=O) groups excluding carboxylic acids is 1. The highest BCUT2D eigenvalue weighted by Gasteiger charge is 2.08. The smallest absolute Gasteiger partial charge is 0.274 e. The maximum atomic E-state index is 11.8. The molecule has 0 aliphatic carbocycles. The van der Waals surface area contributed by atoms with Crippen molar-refractivity contribution in [3.05, 3.63) is 56.7 Å². The van der Waals surface area contributed by atoms with Crippen LogP contribution in [0.3, 0.4) is 0 Å². The van der Waals surface area contributed by atoms with E-state index >= 15 is 0 Å². The highest BCUT2D eigenvalue weighted by Crippen LogP contribution is 2.20. The average Bonchev–Trinajstić information content (AvgIpc) is 2.34. The lowest BCUT2D eigenvalue weighted by molar-refractivity contribution is 0.102. The zero-order valence-corrected chi connectivity index (χ0v) is 11.1. The predicted octanol–water partition coefficient (Wildman–Crippen LogP) is 2.09. The van der Waals surface area contributed by atoms with Crippen LogP contribution in [-0.4, -0.2) is 15.9 Å². The summed E-state index contributed by atoms with van der Waals surface area (Å²) in [6, 6.07) is 6.59. The Labute approximate surface area is 111 Å². The first-order valence-corrected chi connectivity index (χ1v) is 5.98. The van der Waals surface area contributed by atoms with Crippen LogP contribution in [0.5, 0.6) is 0 Å². The molecule has 92 valence electrons. The summed E-state index contributed by atoms with van der Waals surface area (Å²) in [5, 5.41) is 2.68. The Morgan fingerprint density at radius 3 is 2.83 bits per heavy atom. The van der Waals surface area contributed by atoms with Crippen LogP contribution in [0.1, 0.15) is 16.1 Å². The van der Waals surface area contributed by atoms with E-state index in [4.69, 9.17) is 0 Å². The Hall–Kier alpha value is -1.95. The molecular weight excluding hydrogens is 298 g/mol. The topological polar surface area (TPSA) is 74.8 Å². The van der Waals surface area contributed by atoms with Gasteiger partial charge >= 0.3 is 0 Å². The SMILES string of the molecule is Cc1cc(NC(=O)c2cc(=O)[nH]cn2)ccc1Br. The van der Waals surface area contributed by atoms with E-state index in [1.165, 1.54) is 6.33 Å². The molecule has 5 nitrogen and oxygen atoms in total. The number of benzene rings is 1. The molecular formula is C12H10BrN3O2. The number of hydrogen-bond acceptors (Lipinski definition) is 3. The van der Waals surface area contributed by atoms with Gasteiger partial charge in [-0.2, -0.15) is 0 Å². The highest BCUT2D eigenvalue weighted by atomic mass is 79.9. The molecule has 1 amide bonds. The number of aryl methyl sites for hydroxylation is 1. The Balaban J connectivity index is 2.21. The fourth-order valence-electron chi connectivity index (χ4n) is 1.41. The van der Waals surface area contributed by atoms with Crippen molar-refractivity contribution in [3.8, 4) is 0 Å². The standard InChI is InChI=1S/C12H10BrN3O2/c1-7-4-8(2-3-9(7)13)16-12(18)10-5-11(17)15-6-14-10/h2-6H,1H3,(H,16,18)(H,14,15,17). The molecule has 0 fully saturated rings. The molecule has 0 saturated heterocycles. The molecule has 18 heavy (non-hydrogen) atoms. The van der Waals surface area contributed by atoms with Gasteiger partial charge in [-0.05, 0) is 30.7 Å². The van der Waals surface area contributed by atoms with Crippen molar-refractivity contribution in [2.45, 2.75) is 6.92 Å². The zero-order chi connectivity index (χ0) is 13.1. The second-order valence-corrected chi connectivity index (χ2v) is 4.57. The van der Waals surface area contributed by atoms with Crippen LogP contribution in [0.4, 0.5) is 5.69 Å². The van der Waals surface area contributed by atoms with Crippen LogP contribution in [-0.2, 0) is 0 Å². The number of halogens is 1. The maximum absolute atomic E-state index is 11.8. The van der Waals surface area contributed by atoms with Crippen molar-refractivity contribution in [2.75, 3.05) is 5.32 Å². The number of aromatic amines is 1. The average molecular weight is 308 g/mol. The van der Waals surface area contributed by atoms with Gasteiger partial charge in [-0.25, -0.2) is 4.98 Å². The second-order valence-electron chi connectivity index (χ2n) is 3.71. The van der Waals surface area contributed by atoms with Gasteiger partial charge in [0.2, 0.25) is 0 Å². The molecule has 2 aromatic rings. The van der Waals surface area contributed by atoms with Crippen molar-refractivity contribution < 1.29 is 4.79 Å². The Morgan fingerprint density at radius 2 is 2.17 bits per heavy atom. The van der Waals surface area contributed by atoms with E-state index in [1.54, 1.807) is 6.07 Å². The van der Waals surface area contributed by atoms with Crippen molar-refractivity contribution >= 4 is 27.5 Å². The van der Waals surface area contributed by atoms with Crippen molar-refractivity contribution in [2.24, 2.45) is 0 Å². The molecule has 0 saturated carbocycles. The normalized spacial score (nSPS) is 10.1. The Kier molecular flexibility index (Phi) is 3.57. The third-order valence-electron chi connectivity index (χ3n) is 2.33. The van der Waals surface area contributed by atoms with E-state index in [1.807, 2.05) is 19.1 Å². The number of nitrogens with zero attached hydrogens (tertiary/aromatic N) is 1. The molecule has 6 heteroatoms. The van der Waals surface area contributed by atoms with Crippen LogP contribution in [0, 0.1) is 6.92 Å². The monoisotopic (exact) mass is 307 g/mol. The molecule has 0 aliphatic rings. The molecule has 1 aromatic heterocycles. The number of hydrogen-bond donors (Lipinski definition) is 2. The minimum absolute atomic E-state index is 0.0827. The van der Waals surface area contributed by atoms with E-state index < -0.39 is 5.91 Å². The molecule has 0 spiro atoms. The first-order chi connectivity index (χ1) is 8.56. The van der Waals surface area contributed by atoms with Crippen LogP contribution in [0.15, 0.2) is 39.9 Å². The molecule has 1 heterocycles. The zero-order valence-electron chi connectivity index (χ0n) is 9.53. The van der Waals surface area contributed by atoms with Gasteiger partial charge in [0.1, 0.15) is 5.69 Å². The number of aromatic nitrogens is 2. The lowest BCUT2D eigenvalue weighted by Crippen LogP contribution is -2.17. The summed E-state index contributed by atoms with van der Waals surface area (Å²) in [4.78, 5) is 29.0. The number of rotatable bonds is 2. The van der Waals surface area contributed by atoms with Crippen LogP contribution in [0.25, 0.3) is 0 Å². The van der Waals surface area contributed by atoms with E-state index in [-0.39, 0.29) is 11.3 Å². The molecule has 0 atom stereocenters. The summed E-state index contributed by atoms with van der Waals surface area (Å²) in [6.07, 6.45) is 1.20. The molecule has 0 unspecified atom stereocenters. The summed E-state index contributed by atoms with van der Waals surface area (Å²) in [5.74, 6) is -0.414. The van der Waals surface area contributed by atoms with Gasteiger partial charge in [0.15, 0.2) is 0 Å². The van der Waals surface area contributed by atoms with Crippen molar-refractivity contribution in [1.29, 1.82) is 0 Å². The molecule has 1 aromatic carbocycles. The quantitative estimate of drug-likeness (QED) is 0.892. The van der Waals surface area contributed by atoms with Gasteiger partial charge in [-0.3, -0.25) is 9.59 Å². The van der Waals surface area contributed by atoms with Gasteiger partial charge in [0.25, 0.3) is 11.5 Å². The van der Waals surface area contributed by atoms with E-state index in [0.717, 1.165) is 16.1 Å². The molecule has 0 radical (unpaired) electrons.